The minimum Gasteiger partial charge on any atom is -0.315 e. The lowest BCUT2D eigenvalue weighted by molar-refractivity contribution is 0.251. The number of nitrogens with zero attached hydrogens (tertiary/aromatic N) is 2. The van der Waals surface area contributed by atoms with Gasteiger partial charge in [0.1, 0.15) is 5.15 Å². The Morgan fingerprint density at radius 2 is 2.00 bits per heavy atom. The fourth-order valence-corrected chi connectivity index (χ4v) is 3.59. The Morgan fingerprint density at radius 3 is 2.58 bits per heavy atom. The number of benzene rings is 1. The highest BCUT2D eigenvalue weighted by Crippen LogP contribution is 2.25. The van der Waals surface area contributed by atoms with Crippen LogP contribution in [0.25, 0.3) is 0 Å². The molecule has 1 aromatic heterocycles. The molecule has 1 aliphatic rings. The van der Waals surface area contributed by atoms with Gasteiger partial charge in [-0.15, -0.1) is 4.28 Å². The van der Waals surface area contributed by atoms with Crippen LogP contribution in [0.2, 0.25) is 5.15 Å². The third-order valence-electron chi connectivity index (χ3n) is 3.82. The summed E-state index contributed by atoms with van der Waals surface area (Å²) in [7, 11) is -3.93. The van der Waals surface area contributed by atoms with E-state index in [1.165, 1.54) is 23.4 Å². The van der Waals surface area contributed by atoms with Crippen LogP contribution in [-0.4, -0.2) is 32.5 Å². The molecule has 0 aliphatic carbocycles. The van der Waals surface area contributed by atoms with Gasteiger partial charge in [0.2, 0.25) is 0 Å². The molecule has 128 valence electrons. The minimum atomic E-state index is -3.93. The zero-order chi connectivity index (χ0) is 17.2. The standard InChI is InChI=1S/C16H18ClN3O3S/c1-12-2-5-15(6-3-12)24(21,22)23-20(14-8-9-18-10-14)13-4-7-16(17)19-11-13/h2-7,11,14,18H,8-10H2,1H3. The lowest BCUT2D eigenvalue weighted by Crippen LogP contribution is -2.38. The third-order valence-corrected chi connectivity index (χ3v) is 5.25. The molecular formula is C16H18ClN3O3S. The van der Waals surface area contributed by atoms with E-state index in [0.29, 0.717) is 17.4 Å². The predicted octanol–water partition coefficient (Wildman–Crippen LogP) is 2.53. The van der Waals surface area contributed by atoms with Crippen molar-refractivity contribution in [2.45, 2.75) is 24.3 Å². The number of hydrogen-bond acceptors (Lipinski definition) is 6. The fraction of sp³-hybridized carbons (Fsp3) is 0.312. The van der Waals surface area contributed by atoms with Gasteiger partial charge in [0.05, 0.1) is 22.8 Å². The molecule has 1 aliphatic heterocycles. The highest BCUT2D eigenvalue weighted by molar-refractivity contribution is 7.86. The van der Waals surface area contributed by atoms with Gasteiger partial charge >= 0.3 is 10.1 Å². The molecular weight excluding hydrogens is 350 g/mol. The van der Waals surface area contributed by atoms with Crippen LogP contribution < -0.4 is 10.4 Å². The third kappa shape index (κ3) is 3.87. The van der Waals surface area contributed by atoms with Gasteiger partial charge in [-0.1, -0.05) is 29.3 Å². The van der Waals surface area contributed by atoms with Crippen molar-refractivity contribution in [1.29, 1.82) is 0 Å². The summed E-state index contributed by atoms with van der Waals surface area (Å²) in [6.07, 6.45) is 2.28. The SMILES string of the molecule is Cc1ccc(S(=O)(=O)ON(c2ccc(Cl)nc2)C2CCNC2)cc1. The molecule has 3 rings (SSSR count). The van der Waals surface area contributed by atoms with Crippen LogP contribution in [0.4, 0.5) is 5.69 Å². The molecule has 0 spiro atoms. The fourth-order valence-electron chi connectivity index (χ4n) is 2.51. The Labute approximate surface area is 146 Å². The number of aromatic nitrogens is 1. The van der Waals surface area contributed by atoms with E-state index >= 15 is 0 Å². The maximum atomic E-state index is 12.6. The normalized spacial score (nSPS) is 17.8. The van der Waals surface area contributed by atoms with Gasteiger partial charge < -0.3 is 5.32 Å². The van der Waals surface area contributed by atoms with E-state index in [1.54, 1.807) is 24.3 Å². The zero-order valence-electron chi connectivity index (χ0n) is 13.1. The maximum Gasteiger partial charge on any atom is 0.317 e. The topological polar surface area (TPSA) is 71.5 Å². The van der Waals surface area contributed by atoms with E-state index in [2.05, 4.69) is 10.3 Å². The molecule has 1 saturated heterocycles. The highest BCUT2D eigenvalue weighted by atomic mass is 35.5. The summed E-state index contributed by atoms with van der Waals surface area (Å²) >= 11 is 5.82. The Morgan fingerprint density at radius 1 is 1.25 bits per heavy atom. The number of anilines is 1. The molecule has 0 amide bonds. The Hall–Kier alpha value is -1.67. The van der Waals surface area contributed by atoms with Gasteiger partial charge in [0.15, 0.2) is 0 Å². The molecule has 2 heterocycles. The van der Waals surface area contributed by atoms with Crippen molar-refractivity contribution in [1.82, 2.24) is 10.3 Å². The summed E-state index contributed by atoms with van der Waals surface area (Å²) in [5.74, 6) is 0. The summed E-state index contributed by atoms with van der Waals surface area (Å²) in [6, 6.07) is 9.74. The summed E-state index contributed by atoms with van der Waals surface area (Å²) in [6.45, 7) is 3.33. The van der Waals surface area contributed by atoms with Gasteiger partial charge in [-0.2, -0.15) is 8.42 Å². The Bertz CT molecular complexity index is 788. The van der Waals surface area contributed by atoms with Crippen molar-refractivity contribution in [3.05, 3.63) is 53.3 Å². The first-order valence-corrected chi connectivity index (χ1v) is 9.37. The van der Waals surface area contributed by atoms with Crippen molar-refractivity contribution < 1.29 is 12.7 Å². The second-order valence-electron chi connectivity index (χ2n) is 5.65. The number of nitrogens with one attached hydrogen (secondary N) is 1. The number of halogens is 1. The molecule has 1 fully saturated rings. The number of hydroxylamine groups is 1. The lowest BCUT2D eigenvalue weighted by atomic mass is 10.2. The van der Waals surface area contributed by atoms with E-state index in [-0.39, 0.29) is 10.9 Å². The first-order valence-electron chi connectivity index (χ1n) is 7.58. The van der Waals surface area contributed by atoms with Crippen LogP contribution >= 0.6 is 11.6 Å². The summed E-state index contributed by atoms with van der Waals surface area (Å²) in [5.41, 5.74) is 1.52. The van der Waals surface area contributed by atoms with Gasteiger partial charge in [-0.05, 0) is 44.2 Å². The van der Waals surface area contributed by atoms with Gasteiger partial charge in [-0.3, -0.25) is 0 Å². The van der Waals surface area contributed by atoms with Crippen LogP contribution in [0.3, 0.4) is 0 Å². The van der Waals surface area contributed by atoms with E-state index in [4.69, 9.17) is 15.9 Å². The van der Waals surface area contributed by atoms with Crippen molar-refractivity contribution in [3.63, 3.8) is 0 Å². The Balaban J connectivity index is 1.90. The average Bonchev–Trinajstić information content (AvgIpc) is 3.08. The average molecular weight is 368 g/mol. The maximum absolute atomic E-state index is 12.6. The molecule has 0 radical (unpaired) electrons. The first kappa shape index (κ1) is 17.2. The molecule has 24 heavy (non-hydrogen) atoms. The van der Waals surface area contributed by atoms with Crippen LogP contribution in [0, 0.1) is 6.92 Å². The monoisotopic (exact) mass is 367 g/mol. The molecule has 0 saturated carbocycles. The first-order chi connectivity index (χ1) is 11.5. The molecule has 8 heteroatoms. The van der Waals surface area contributed by atoms with Crippen LogP contribution in [0.1, 0.15) is 12.0 Å². The van der Waals surface area contributed by atoms with E-state index in [0.717, 1.165) is 18.5 Å². The predicted molar refractivity (Wildman–Crippen MR) is 92.5 cm³/mol. The van der Waals surface area contributed by atoms with Gasteiger partial charge in [0.25, 0.3) is 0 Å². The summed E-state index contributed by atoms with van der Waals surface area (Å²) < 4.78 is 30.7. The van der Waals surface area contributed by atoms with E-state index < -0.39 is 10.1 Å². The number of rotatable bonds is 5. The van der Waals surface area contributed by atoms with Crippen molar-refractivity contribution >= 4 is 27.4 Å². The molecule has 1 N–H and O–H groups in total. The zero-order valence-corrected chi connectivity index (χ0v) is 14.7. The second kappa shape index (κ2) is 7.06. The molecule has 0 bridgehead atoms. The number of aryl methyl sites for hydroxylation is 1. The molecule has 6 nitrogen and oxygen atoms in total. The van der Waals surface area contributed by atoms with E-state index in [1.807, 2.05) is 6.92 Å². The summed E-state index contributed by atoms with van der Waals surface area (Å²) in [4.78, 5) is 4.13. The van der Waals surface area contributed by atoms with Crippen LogP contribution in [0.5, 0.6) is 0 Å². The Kier molecular flexibility index (Phi) is 5.05. The van der Waals surface area contributed by atoms with Crippen molar-refractivity contribution in [3.8, 4) is 0 Å². The smallest absolute Gasteiger partial charge is 0.315 e. The summed E-state index contributed by atoms with van der Waals surface area (Å²) in [5, 5.41) is 4.94. The second-order valence-corrected chi connectivity index (χ2v) is 7.57. The molecule has 1 atom stereocenters. The van der Waals surface area contributed by atoms with Crippen LogP contribution in [-0.2, 0) is 14.4 Å². The van der Waals surface area contributed by atoms with Gasteiger partial charge in [0, 0.05) is 6.54 Å². The van der Waals surface area contributed by atoms with Gasteiger partial charge in [-0.25, -0.2) is 10.0 Å². The van der Waals surface area contributed by atoms with Crippen molar-refractivity contribution in [2.24, 2.45) is 0 Å². The van der Waals surface area contributed by atoms with E-state index in [9.17, 15) is 8.42 Å². The highest BCUT2D eigenvalue weighted by Gasteiger charge is 2.29. The number of hydrogen-bond donors (Lipinski definition) is 1. The van der Waals surface area contributed by atoms with Crippen LogP contribution in [0.15, 0.2) is 47.5 Å². The lowest BCUT2D eigenvalue weighted by Gasteiger charge is -2.28. The molecule has 1 aromatic carbocycles. The molecule has 2 aromatic rings. The quantitative estimate of drug-likeness (QED) is 0.646. The largest absolute Gasteiger partial charge is 0.317 e. The van der Waals surface area contributed by atoms with Crippen molar-refractivity contribution in [2.75, 3.05) is 18.2 Å². The minimum absolute atomic E-state index is 0.104. The number of pyridine rings is 1. The molecule has 1 unspecified atom stereocenters.